The summed E-state index contributed by atoms with van der Waals surface area (Å²) < 4.78 is 15.9. The van der Waals surface area contributed by atoms with Crippen LogP contribution < -0.4 is 4.80 Å². The molecule has 0 aliphatic rings. The monoisotopic (exact) mass is 332 g/mol. The number of hydrogen-bond acceptors (Lipinski definition) is 3. The number of nitrogens with zero attached hydrogens (tertiary/aromatic N) is 2. The average Bonchev–Trinajstić information content (AvgIpc) is 2.82. The molecule has 0 fully saturated rings. The van der Waals surface area contributed by atoms with Gasteiger partial charge in [0.15, 0.2) is 4.80 Å². The fraction of sp³-hybridized carbons (Fsp3) is 0.125. The van der Waals surface area contributed by atoms with Crippen molar-refractivity contribution in [3.05, 3.63) is 58.6 Å². The van der Waals surface area contributed by atoms with E-state index >= 15 is 0 Å². The normalized spacial score (nSPS) is 12.0. The van der Waals surface area contributed by atoms with Gasteiger partial charge in [0.05, 0.1) is 15.8 Å². The van der Waals surface area contributed by atoms with Gasteiger partial charge in [-0.3, -0.25) is 4.79 Å². The highest BCUT2D eigenvalue weighted by molar-refractivity contribution is 7.98. The zero-order valence-electron chi connectivity index (χ0n) is 12.0. The second-order valence-corrected chi connectivity index (χ2v) is 6.53. The van der Waals surface area contributed by atoms with Crippen LogP contribution in [0.4, 0.5) is 4.39 Å². The molecule has 0 aliphatic heterocycles. The number of amides is 1. The molecule has 3 aromatic rings. The Hall–Kier alpha value is -1.92. The summed E-state index contributed by atoms with van der Waals surface area (Å²) in [5.74, 6) is -0.576. The SMILES string of the molecule is CSc1ccccc1C(=O)N=c1sc2cc(F)ccc2n1C. The van der Waals surface area contributed by atoms with E-state index in [-0.39, 0.29) is 11.7 Å². The first-order valence-corrected chi connectivity index (χ1v) is 8.61. The van der Waals surface area contributed by atoms with Crippen molar-refractivity contribution < 1.29 is 9.18 Å². The van der Waals surface area contributed by atoms with Crippen LogP contribution in [0.5, 0.6) is 0 Å². The molecule has 1 heterocycles. The summed E-state index contributed by atoms with van der Waals surface area (Å²) in [6.45, 7) is 0. The van der Waals surface area contributed by atoms with Crippen molar-refractivity contribution >= 4 is 39.2 Å². The summed E-state index contributed by atoms with van der Waals surface area (Å²) in [7, 11) is 1.82. The molecule has 6 heteroatoms. The number of thioether (sulfide) groups is 1. The van der Waals surface area contributed by atoms with E-state index in [2.05, 4.69) is 4.99 Å². The number of fused-ring (bicyclic) bond motifs is 1. The maximum Gasteiger partial charge on any atom is 0.280 e. The molecule has 2 aromatic carbocycles. The van der Waals surface area contributed by atoms with Gasteiger partial charge >= 0.3 is 0 Å². The van der Waals surface area contributed by atoms with E-state index in [0.29, 0.717) is 10.4 Å². The third-order valence-corrected chi connectivity index (χ3v) is 5.20. The lowest BCUT2D eigenvalue weighted by Gasteiger charge is -2.02. The minimum absolute atomic E-state index is 0.285. The fourth-order valence-corrected chi connectivity index (χ4v) is 3.81. The van der Waals surface area contributed by atoms with E-state index in [4.69, 9.17) is 0 Å². The minimum Gasteiger partial charge on any atom is -0.319 e. The predicted molar refractivity (Wildman–Crippen MR) is 88.9 cm³/mol. The number of aromatic nitrogens is 1. The Kier molecular flexibility index (Phi) is 4.13. The second kappa shape index (κ2) is 6.06. The Bertz CT molecular complexity index is 927. The first kappa shape index (κ1) is 15.0. The van der Waals surface area contributed by atoms with Gasteiger partial charge in [-0.05, 0) is 36.6 Å². The van der Waals surface area contributed by atoms with Crippen LogP contribution in [0.1, 0.15) is 10.4 Å². The molecule has 112 valence electrons. The van der Waals surface area contributed by atoms with E-state index in [1.165, 1.54) is 35.2 Å². The van der Waals surface area contributed by atoms with Gasteiger partial charge in [-0.1, -0.05) is 23.5 Å². The van der Waals surface area contributed by atoms with Crippen LogP contribution in [-0.2, 0) is 7.05 Å². The predicted octanol–water partition coefficient (Wildman–Crippen LogP) is 3.84. The van der Waals surface area contributed by atoms with Crippen LogP contribution in [0.15, 0.2) is 52.4 Å². The highest BCUT2D eigenvalue weighted by Crippen LogP contribution is 2.21. The molecule has 0 atom stereocenters. The molecule has 0 saturated carbocycles. The summed E-state index contributed by atoms with van der Waals surface area (Å²) in [4.78, 5) is 18.1. The van der Waals surface area contributed by atoms with E-state index < -0.39 is 0 Å². The van der Waals surface area contributed by atoms with Crippen molar-refractivity contribution in [3.63, 3.8) is 0 Å². The molecule has 0 unspecified atom stereocenters. The zero-order valence-corrected chi connectivity index (χ0v) is 13.7. The Morgan fingerprint density at radius 3 is 2.82 bits per heavy atom. The second-order valence-electron chi connectivity index (χ2n) is 4.67. The summed E-state index contributed by atoms with van der Waals surface area (Å²) in [6, 6.07) is 11.9. The molecule has 3 rings (SSSR count). The molecule has 0 N–H and O–H groups in total. The number of hydrogen-bond donors (Lipinski definition) is 0. The molecule has 0 spiro atoms. The van der Waals surface area contributed by atoms with Gasteiger partial charge in [0.2, 0.25) is 0 Å². The zero-order chi connectivity index (χ0) is 15.7. The minimum atomic E-state index is -0.292. The molecule has 1 amide bonds. The summed E-state index contributed by atoms with van der Waals surface area (Å²) in [5.41, 5.74) is 1.44. The number of halogens is 1. The summed E-state index contributed by atoms with van der Waals surface area (Å²) in [5, 5.41) is 0. The summed E-state index contributed by atoms with van der Waals surface area (Å²) in [6.07, 6.45) is 1.92. The number of aryl methyl sites for hydroxylation is 1. The lowest BCUT2D eigenvalue weighted by atomic mass is 10.2. The molecular weight excluding hydrogens is 319 g/mol. The Morgan fingerprint density at radius 1 is 1.27 bits per heavy atom. The molecule has 3 nitrogen and oxygen atoms in total. The maximum atomic E-state index is 13.3. The highest BCUT2D eigenvalue weighted by atomic mass is 32.2. The van der Waals surface area contributed by atoms with Crippen molar-refractivity contribution in [1.82, 2.24) is 4.57 Å². The average molecular weight is 332 g/mol. The largest absolute Gasteiger partial charge is 0.319 e. The Morgan fingerprint density at radius 2 is 2.05 bits per heavy atom. The van der Waals surface area contributed by atoms with Crippen LogP contribution in [-0.4, -0.2) is 16.7 Å². The highest BCUT2D eigenvalue weighted by Gasteiger charge is 2.11. The van der Waals surface area contributed by atoms with Gasteiger partial charge in [-0.25, -0.2) is 4.39 Å². The van der Waals surface area contributed by atoms with Crippen LogP contribution >= 0.6 is 23.1 Å². The van der Waals surface area contributed by atoms with Crippen LogP contribution in [0.25, 0.3) is 10.2 Å². The van der Waals surface area contributed by atoms with Crippen molar-refractivity contribution in [3.8, 4) is 0 Å². The molecular formula is C16H13FN2OS2. The Labute approximate surface area is 135 Å². The number of carbonyl (C=O) groups excluding carboxylic acids is 1. The van der Waals surface area contributed by atoms with E-state index in [9.17, 15) is 9.18 Å². The Balaban J connectivity index is 2.12. The number of carbonyl (C=O) groups is 1. The van der Waals surface area contributed by atoms with E-state index in [0.717, 1.165) is 15.1 Å². The van der Waals surface area contributed by atoms with E-state index in [1.807, 2.05) is 31.5 Å². The van der Waals surface area contributed by atoms with Crippen LogP contribution in [0, 0.1) is 5.82 Å². The lowest BCUT2D eigenvalue weighted by molar-refractivity contribution is 0.0995. The fourth-order valence-electron chi connectivity index (χ4n) is 2.18. The van der Waals surface area contributed by atoms with Gasteiger partial charge in [0.25, 0.3) is 5.91 Å². The van der Waals surface area contributed by atoms with E-state index in [1.54, 1.807) is 16.7 Å². The third-order valence-electron chi connectivity index (χ3n) is 3.31. The molecule has 0 saturated heterocycles. The number of thiazole rings is 1. The van der Waals surface area contributed by atoms with Crippen molar-refractivity contribution in [2.24, 2.45) is 12.0 Å². The smallest absolute Gasteiger partial charge is 0.280 e. The summed E-state index contributed by atoms with van der Waals surface area (Å²) >= 11 is 2.81. The van der Waals surface area contributed by atoms with Crippen molar-refractivity contribution in [2.45, 2.75) is 4.90 Å². The molecule has 0 aliphatic carbocycles. The first-order valence-electron chi connectivity index (χ1n) is 6.57. The van der Waals surface area contributed by atoms with Gasteiger partial charge in [0.1, 0.15) is 5.82 Å². The lowest BCUT2D eigenvalue weighted by Crippen LogP contribution is -2.13. The van der Waals surface area contributed by atoms with Gasteiger partial charge in [-0.15, -0.1) is 11.8 Å². The van der Waals surface area contributed by atoms with Crippen LogP contribution in [0.3, 0.4) is 0 Å². The standard InChI is InChI=1S/C16H13FN2OS2/c1-19-12-8-7-10(17)9-14(12)22-16(19)18-15(20)11-5-3-4-6-13(11)21-2/h3-9H,1-2H3. The number of rotatable bonds is 2. The topological polar surface area (TPSA) is 34.4 Å². The third kappa shape index (κ3) is 2.71. The molecule has 0 bridgehead atoms. The quantitative estimate of drug-likeness (QED) is 0.668. The first-order chi connectivity index (χ1) is 10.6. The molecule has 22 heavy (non-hydrogen) atoms. The van der Waals surface area contributed by atoms with Crippen molar-refractivity contribution in [1.29, 1.82) is 0 Å². The van der Waals surface area contributed by atoms with Crippen molar-refractivity contribution in [2.75, 3.05) is 6.26 Å². The molecule has 0 radical (unpaired) electrons. The molecule has 1 aromatic heterocycles. The van der Waals surface area contributed by atoms with Gasteiger partial charge < -0.3 is 4.57 Å². The van der Waals surface area contributed by atoms with Gasteiger partial charge in [-0.2, -0.15) is 4.99 Å². The van der Waals surface area contributed by atoms with Gasteiger partial charge in [0, 0.05) is 11.9 Å². The maximum absolute atomic E-state index is 13.3. The number of benzene rings is 2. The van der Waals surface area contributed by atoms with Crippen LogP contribution in [0.2, 0.25) is 0 Å².